The van der Waals surface area contributed by atoms with Crippen LogP contribution in [0.2, 0.25) is 0 Å². The van der Waals surface area contributed by atoms with E-state index < -0.39 is 5.97 Å². The Morgan fingerprint density at radius 1 is 1.47 bits per heavy atom. The lowest BCUT2D eigenvalue weighted by Gasteiger charge is -2.06. The van der Waals surface area contributed by atoms with E-state index in [0.717, 1.165) is 11.3 Å². The summed E-state index contributed by atoms with van der Waals surface area (Å²) >= 11 is 0. The molecule has 0 amide bonds. The van der Waals surface area contributed by atoms with Crippen molar-refractivity contribution in [2.75, 3.05) is 13.2 Å². The van der Waals surface area contributed by atoms with E-state index in [1.165, 1.54) is 0 Å². The van der Waals surface area contributed by atoms with Gasteiger partial charge in [0.1, 0.15) is 6.61 Å². The number of carbonyl (C=O) groups excluding carboxylic acids is 1. The van der Waals surface area contributed by atoms with Crippen LogP contribution >= 0.6 is 0 Å². The molecule has 0 unspecified atom stereocenters. The molecule has 0 bridgehead atoms. The van der Waals surface area contributed by atoms with E-state index in [1.54, 1.807) is 31.5 Å². The normalized spacial score (nSPS) is 10.8. The van der Waals surface area contributed by atoms with Gasteiger partial charge < -0.3 is 9.57 Å². The summed E-state index contributed by atoms with van der Waals surface area (Å²) in [5.74, 6) is -0.407. The standard InChI is InChI=1S/C14H18N2O3/c1-4-18-14(17)13(10-19-16-11(2)3)8-12-6-5-7-15-9-12/h5-9H,4,10H2,1-3H3/b13-8+. The van der Waals surface area contributed by atoms with Crippen LogP contribution in [0.1, 0.15) is 26.3 Å². The molecule has 5 heteroatoms. The van der Waals surface area contributed by atoms with E-state index in [-0.39, 0.29) is 6.61 Å². The fourth-order valence-corrected chi connectivity index (χ4v) is 1.28. The van der Waals surface area contributed by atoms with Crippen LogP contribution in [0, 0.1) is 0 Å². The average molecular weight is 262 g/mol. The average Bonchev–Trinajstić information content (AvgIpc) is 2.38. The Balaban J connectivity index is 2.83. The van der Waals surface area contributed by atoms with Gasteiger partial charge in [0.05, 0.1) is 17.9 Å². The number of rotatable bonds is 6. The van der Waals surface area contributed by atoms with E-state index in [4.69, 9.17) is 9.57 Å². The zero-order chi connectivity index (χ0) is 14.1. The quantitative estimate of drug-likeness (QED) is 0.342. The Hall–Kier alpha value is -2.17. The maximum Gasteiger partial charge on any atom is 0.337 e. The van der Waals surface area contributed by atoms with Crippen molar-refractivity contribution in [2.45, 2.75) is 20.8 Å². The molecule has 0 aliphatic carbocycles. The van der Waals surface area contributed by atoms with Gasteiger partial charge in [-0.25, -0.2) is 4.79 Å². The van der Waals surface area contributed by atoms with Crippen molar-refractivity contribution in [1.29, 1.82) is 0 Å². The molecule has 0 radical (unpaired) electrons. The van der Waals surface area contributed by atoms with Gasteiger partial charge in [-0.3, -0.25) is 4.98 Å². The molecular weight excluding hydrogens is 244 g/mol. The van der Waals surface area contributed by atoms with Crippen LogP contribution in [0.3, 0.4) is 0 Å². The topological polar surface area (TPSA) is 60.8 Å². The Bertz CT molecular complexity index is 463. The predicted molar refractivity (Wildman–Crippen MR) is 73.6 cm³/mol. The van der Waals surface area contributed by atoms with Gasteiger partial charge in [0.2, 0.25) is 0 Å². The fourth-order valence-electron chi connectivity index (χ4n) is 1.28. The smallest absolute Gasteiger partial charge is 0.337 e. The summed E-state index contributed by atoms with van der Waals surface area (Å²) < 4.78 is 4.98. The lowest BCUT2D eigenvalue weighted by molar-refractivity contribution is -0.139. The summed E-state index contributed by atoms with van der Waals surface area (Å²) in [4.78, 5) is 20.9. The lowest BCUT2D eigenvalue weighted by atomic mass is 10.2. The van der Waals surface area contributed by atoms with E-state index in [9.17, 15) is 4.79 Å². The van der Waals surface area contributed by atoms with E-state index >= 15 is 0 Å². The maximum atomic E-state index is 11.8. The number of esters is 1. The van der Waals surface area contributed by atoms with Crippen LogP contribution in [-0.2, 0) is 14.4 Å². The zero-order valence-corrected chi connectivity index (χ0v) is 11.4. The number of nitrogens with zero attached hydrogens (tertiary/aromatic N) is 2. The second kappa shape index (κ2) is 8.02. The maximum absolute atomic E-state index is 11.8. The van der Waals surface area contributed by atoms with Crippen molar-refractivity contribution in [2.24, 2.45) is 5.16 Å². The van der Waals surface area contributed by atoms with Gasteiger partial charge in [0.15, 0.2) is 0 Å². The highest BCUT2D eigenvalue weighted by Crippen LogP contribution is 2.08. The van der Waals surface area contributed by atoms with Crippen LogP contribution in [0.4, 0.5) is 0 Å². The SMILES string of the molecule is CCOC(=O)/C(=C/c1cccnc1)CON=C(C)C. The van der Waals surface area contributed by atoms with Crippen molar-refractivity contribution in [3.63, 3.8) is 0 Å². The molecule has 0 spiro atoms. The first kappa shape index (κ1) is 14.9. The highest BCUT2D eigenvalue weighted by molar-refractivity contribution is 5.93. The molecule has 0 aliphatic rings. The monoisotopic (exact) mass is 262 g/mol. The summed E-state index contributed by atoms with van der Waals surface area (Å²) in [5, 5.41) is 3.80. The van der Waals surface area contributed by atoms with Gasteiger partial charge in [-0.2, -0.15) is 0 Å². The van der Waals surface area contributed by atoms with Gasteiger partial charge in [0.25, 0.3) is 0 Å². The molecule has 0 saturated carbocycles. The predicted octanol–water partition coefficient (Wildman–Crippen LogP) is 2.44. The van der Waals surface area contributed by atoms with Gasteiger partial charge in [-0.05, 0) is 38.5 Å². The first-order valence-corrected chi connectivity index (χ1v) is 6.04. The van der Waals surface area contributed by atoms with Gasteiger partial charge >= 0.3 is 5.97 Å². The third kappa shape index (κ3) is 5.81. The molecule has 0 aliphatic heterocycles. The third-order valence-corrected chi connectivity index (χ3v) is 2.03. The lowest BCUT2D eigenvalue weighted by Crippen LogP contribution is -2.12. The number of hydrogen-bond donors (Lipinski definition) is 0. The number of carbonyl (C=O) groups is 1. The van der Waals surface area contributed by atoms with E-state index in [2.05, 4.69) is 10.1 Å². The Labute approximate surface area is 112 Å². The Kier molecular flexibility index (Phi) is 6.29. The summed E-state index contributed by atoms with van der Waals surface area (Å²) in [6.45, 7) is 5.77. The van der Waals surface area contributed by atoms with Crippen LogP contribution in [0.15, 0.2) is 35.3 Å². The largest absolute Gasteiger partial charge is 0.463 e. The van der Waals surface area contributed by atoms with Crippen molar-refractivity contribution in [3.8, 4) is 0 Å². The minimum absolute atomic E-state index is 0.0684. The molecule has 0 saturated heterocycles. The van der Waals surface area contributed by atoms with Gasteiger partial charge in [-0.1, -0.05) is 11.2 Å². The minimum atomic E-state index is -0.407. The summed E-state index contributed by atoms with van der Waals surface area (Å²) in [7, 11) is 0. The summed E-state index contributed by atoms with van der Waals surface area (Å²) in [6, 6.07) is 3.64. The van der Waals surface area contributed by atoms with Crippen LogP contribution in [0.5, 0.6) is 0 Å². The molecule has 1 aromatic heterocycles. The number of pyridine rings is 1. The molecule has 1 heterocycles. The first-order chi connectivity index (χ1) is 9.13. The number of aromatic nitrogens is 1. The van der Waals surface area contributed by atoms with Crippen molar-refractivity contribution in [3.05, 3.63) is 35.7 Å². The minimum Gasteiger partial charge on any atom is -0.463 e. The molecule has 5 nitrogen and oxygen atoms in total. The fraction of sp³-hybridized carbons (Fsp3) is 0.357. The van der Waals surface area contributed by atoms with E-state index in [0.29, 0.717) is 12.2 Å². The van der Waals surface area contributed by atoms with Crippen LogP contribution in [-0.4, -0.2) is 29.9 Å². The van der Waals surface area contributed by atoms with Crippen molar-refractivity contribution < 1.29 is 14.4 Å². The molecule has 0 fully saturated rings. The molecule has 102 valence electrons. The number of hydrogen-bond acceptors (Lipinski definition) is 5. The molecule has 0 N–H and O–H groups in total. The molecule has 19 heavy (non-hydrogen) atoms. The van der Waals surface area contributed by atoms with Gasteiger partial charge in [0, 0.05) is 12.4 Å². The third-order valence-electron chi connectivity index (χ3n) is 2.03. The zero-order valence-electron chi connectivity index (χ0n) is 11.4. The highest BCUT2D eigenvalue weighted by atomic mass is 16.6. The van der Waals surface area contributed by atoms with Gasteiger partial charge in [-0.15, -0.1) is 0 Å². The second-order valence-corrected chi connectivity index (χ2v) is 3.99. The molecular formula is C14H18N2O3. The van der Waals surface area contributed by atoms with Crippen LogP contribution in [0.25, 0.3) is 6.08 Å². The molecule has 1 rings (SSSR count). The molecule has 1 aromatic rings. The molecule has 0 atom stereocenters. The Morgan fingerprint density at radius 3 is 2.84 bits per heavy atom. The summed E-state index contributed by atoms with van der Waals surface area (Å²) in [6.07, 6.45) is 5.02. The van der Waals surface area contributed by atoms with E-state index in [1.807, 2.05) is 19.9 Å². The highest BCUT2D eigenvalue weighted by Gasteiger charge is 2.11. The Morgan fingerprint density at radius 2 is 2.26 bits per heavy atom. The van der Waals surface area contributed by atoms with Crippen molar-refractivity contribution in [1.82, 2.24) is 4.98 Å². The first-order valence-electron chi connectivity index (χ1n) is 6.04. The number of ether oxygens (including phenoxy) is 1. The van der Waals surface area contributed by atoms with Crippen LogP contribution < -0.4 is 0 Å². The second-order valence-electron chi connectivity index (χ2n) is 3.99. The summed E-state index contributed by atoms with van der Waals surface area (Å²) in [5.41, 5.74) is 2.00. The molecule has 0 aromatic carbocycles. The number of oxime groups is 1. The van der Waals surface area contributed by atoms with Crippen molar-refractivity contribution >= 4 is 17.8 Å².